The third-order valence-electron chi connectivity index (χ3n) is 2.30. The maximum Gasteiger partial charge on any atom is 0.137 e. The number of halogens is 1. The van der Waals surface area contributed by atoms with Gasteiger partial charge in [0, 0.05) is 18.1 Å². The van der Waals surface area contributed by atoms with Crippen LogP contribution in [0.1, 0.15) is 0 Å². The third kappa shape index (κ3) is 1.56. The summed E-state index contributed by atoms with van der Waals surface area (Å²) in [6.45, 7) is 0. The lowest BCUT2D eigenvalue weighted by Gasteiger charge is -1.93. The molecule has 0 saturated carbocycles. The van der Waals surface area contributed by atoms with E-state index in [4.69, 9.17) is 17.3 Å². The Balaban J connectivity index is 2.18. The van der Waals surface area contributed by atoms with Crippen molar-refractivity contribution in [3.63, 3.8) is 0 Å². The molecule has 5 heteroatoms. The number of hydrogen-bond acceptors (Lipinski definition) is 3. The fraction of sp³-hybridized carbons (Fsp3) is 0. The molecule has 0 bridgehead atoms. The maximum atomic E-state index is 5.90. The van der Waals surface area contributed by atoms with Gasteiger partial charge in [-0.05, 0) is 24.3 Å². The normalized spacial score (nSPS) is 11.1. The molecular weight excluding hydrogens is 242 g/mol. The molecule has 0 unspecified atom stereocenters. The molecule has 0 amide bonds. The molecule has 0 spiro atoms. The molecule has 0 aliphatic heterocycles. The number of aromatic nitrogens is 2. The number of hydrogen-bond donors (Lipinski definition) is 1. The molecule has 3 nitrogen and oxygen atoms in total. The summed E-state index contributed by atoms with van der Waals surface area (Å²) in [5.41, 5.74) is 8.23. The molecule has 3 aromatic heterocycles. The molecule has 0 aromatic carbocycles. The van der Waals surface area contributed by atoms with Crippen LogP contribution in [-0.2, 0) is 0 Å². The van der Waals surface area contributed by atoms with Crippen LogP contribution in [-0.4, -0.2) is 9.38 Å². The van der Waals surface area contributed by atoms with E-state index < -0.39 is 0 Å². The van der Waals surface area contributed by atoms with Crippen LogP contribution in [0.4, 0.5) is 5.69 Å². The molecule has 0 atom stereocenters. The number of nitrogens with two attached hydrogens (primary N) is 1. The van der Waals surface area contributed by atoms with Crippen LogP contribution < -0.4 is 5.73 Å². The van der Waals surface area contributed by atoms with Gasteiger partial charge in [0.25, 0.3) is 0 Å². The van der Waals surface area contributed by atoms with E-state index in [-0.39, 0.29) is 0 Å². The Bertz CT molecular complexity index is 656. The predicted octanol–water partition coefficient (Wildman–Crippen LogP) is 3.30. The van der Waals surface area contributed by atoms with Crippen molar-refractivity contribution in [2.75, 3.05) is 5.73 Å². The summed E-state index contributed by atoms with van der Waals surface area (Å²) >= 11 is 7.42. The Morgan fingerprint density at radius 1 is 1.19 bits per heavy atom. The molecule has 3 aromatic rings. The third-order valence-corrected chi connectivity index (χ3v) is 3.55. The molecule has 0 saturated heterocycles. The van der Waals surface area contributed by atoms with Gasteiger partial charge in [-0.25, -0.2) is 4.98 Å². The van der Waals surface area contributed by atoms with Gasteiger partial charge in [0.05, 0.1) is 14.9 Å². The summed E-state index contributed by atoms with van der Waals surface area (Å²) in [7, 11) is 0. The highest BCUT2D eigenvalue weighted by Gasteiger charge is 2.06. The van der Waals surface area contributed by atoms with Crippen molar-refractivity contribution in [3.8, 4) is 10.6 Å². The first-order valence-electron chi connectivity index (χ1n) is 4.72. The number of nitrogens with zero attached hydrogens (tertiary/aromatic N) is 2. The van der Waals surface area contributed by atoms with Crippen LogP contribution in [0.25, 0.3) is 16.2 Å². The monoisotopic (exact) mass is 249 g/mol. The van der Waals surface area contributed by atoms with Gasteiger partial charge in [-0.1, -0.05) is 11.6 Å². The van der Waals surface area contributed by atoms with E-state index in [1.165, 1.54) is 11.3 Å². The van der Waals surface area contributed by atoms with Crippen molar-refractivity contribution >= 4 is 34.3 Å². The van der Waals surface area contributed by atoms with Gasteiger partial charge in [-0.2, -0.15) is 0 Å². The van der Waals surface area contributed by atoms with E-state index in [0.717, 1.165) is 26.2 Å². The van der Waals surface area contributed by atoms with Crippen LogP contribution in [0.15, 0.2) is 36.7 Å². The predicted molar refractivity (Wildman–Crippen MR) is 67.9 cm³/mol. The Kier molecular flexibility index (Phi) is 2.12. The quantitative estimate of drug-likeness (QED) is 0.719. The van der Waals surface area contributed by atoms with Crippen molar-refractivity contribution in [2.24, 2.45) is 0 Å². The Hall–Kier alpha value is -1.52. The van der Waals surface area contributed by atoms with E-state index in [1.807, 2.05) is 41.1 Å². The first-order valence-corrected chi connectivity index (χ1v) is 5.92. The number of fused-ring (bicyclic) bond motifs is 1. The Labute approximate surface area is 101 Å². The van der Waals surface area contributed by atoms with Crippen LogP contribution in [0.5, 0.6) is 0 Å². The lowest BCUT2D eigenvalue weighted by molar-refractivity contribution is 1.19. The standard InChI is InChI=1S/C11H8ClN3S/c12-10-3-2-9(16-10)8-6-15-5-7(13)1-4-11(15)14-8/h1-6H,13H2. The first-order chi connectivity index (χ1) is 7.72. The average Bonchev–Trinajstić information content (AvgIpc) is 2.83. The zero-order valence-electron chi connectivity index (χ0n) is 8.22. The topological polar surface area (TPSA) is 43.3 Å². The van der Waals surface area contributed by atoms with Crippen molar-refractivity contribution in [3.05, 3.63) is 41.0 Å². The minimum absolute atomic E-state index is 0.723. The van der Waals surface area contributed by atoms with Gasteiger partial charge in [-0.15, -0.1) is 11.3 Å². The molecule has 3 heterocycles. The molecule has 0 radical (unpaired) electrons. The maximum absolute atomic E-state index is 5.90. The lowest BCUT2D eigenvalue weighted by Crippen LogP contribution is -1.88. The van der Waals surface area contributed by atoms with Crippen molar-refractivity contribution in [1.82, 2.24) is 9.38 Å². The van der Waals surface area contributed by atoms with Crippen molar-refractivity contribution in [1.29, 1.82) is 0 Å². The van der Waals surface area contributed by atoms with E-state index in [1.54, 1.807) is 0 Å². The number of thiophene rings is 1. The number of nitrogen functional groups attached to an aromatic ring is 1. The number of rotatable bonds is 1. The van der Waals surface area contributed by atoms with Crippen LogP contribution in [0, 0.1) is 0 Å². The first kappa shape index (κ1) is 9.69. The molecule has 16 heavy (non-hydrogen) atoms. The molecule has 2 N–H and O–H groups in total. The summed E-state index contributed by atoms with van der Waals surface area (Å²) < 4.78 is 2.68. The van der Waals surface area contributed by atoms with Gasteiger partial charge >= 0.3 is 0 Å². The van der Waals surface area contributed by atoms with Crippen LogP contribution in [0.3, 0.4) is 0 Å². The van der Waals surface area contributed by atoms with Gasteiger partial charge in [0.15, 0.2) is 0 Å². The molecule has 0 aliphatic carbocycles. The van der Waals surface area contributed by atoms with Gasteiger partial charge in [-0.3, -0.25) is 0 Å². The summed E-state index contributed by atoms with van der Waals surface area (Å²) in [5, 5.41) is 0. The Morgan fingerprint density at radius 3 is 2.81 bits per heavy atom. The van der Waals surface area contributed by atoms with E-state index in [0.29, 0.717) is 0 Å². The second kappa shape index (κ2) is 3.50. The molecular formula is C11H8ClN3S. The highest BCUT2D eigenvalue weighted by atomic mass is 35.5. The minimum Gasteiger partial charge on any atom is -0.398 e. The van der Waals surface area contributed by atoms with Crippen LogP contribution in [0.2, 0.25) is 4.34 Å². The number of imidazole rings is 1. The number of pyridine rings is 1. The van der Waals surface area contributed by atoms with Crippen molar-refractivity contribution < 1.29 is 0 Å². The summed E-state index contributed by atoms with van der Waals surface area (Å²) in [4.78, 5) is 5.56. The smallest absolute Gasteiger partial charge is 0.137 e. The number of anilines is 1. The summed E-state index contributed by atoms with van der Waals surface area (Å²) in [5.74, 6) is 0. The fourth-order valence-corrected chi connectivity index (χ4v) is 2.58. The second-order valence-electron chi connectivity index (χ2n) is 3.46. The molecule has 80 valence electrons. The molecule has 0 fully saturated rings. The lowest BCUT2D eigenvalue weighted by atomic mass is 10.4. The highest BCUT2D eigenvalue weighted by Crippen LogP contribution is 2.30. The van der Waals surface area contributed by atoms with Gasteiger partial charge in [0.1, 0.15) is 5.65 Å². The van der Waals surface area contributed by atoms with E-state index in [2.05, 4.69) is 4.98 Å². The Morgan fingerprint density at radius 2 is 2.06 bits per heavy atom. The highest BCUT2D eigenvalue weighted by molar-refractivity contribution is 7.19. The van der Waals surface area contributed by atoms with Gasteiger partial charge < -0.3 is 10.1 Å². The SMILES string of the molecule is Nc1ccc2nc(-c3ccc(Cl)s3)cn2c1. The molecule has 0 aliphatic rings. The second-order valence-corrected chi connectivity index (χ2v) is 5.17. The zero-order chi connectivity index (χ0) is 11.1. The van der Waals surface area contributed by atoms with Crippen molar-refractivity contribution in [2.45, 2.75) is 0 Å². The summed E-state index contributed by atoms with van der Waals surface area (Å²) in [6, 6.07) is 7.58. The zero-order valence-corrected chi connectivity index (χ0v) is 9.79. The molecule has 3 rings (SSSR count). The van der Waals surface area contributed by atoms with Gasteiger partial charge in [0.2, 0.25) is 0 Å². The minimum atomic E-state index is 0.723. The fourth-order valence-electron chi connectivity index (χ4n) is 1.58. The largest absolute Gasteiger partial charge is 0.398 e. The van der Waals surface area contributed by atoms with E-state index in [9.17, 15) is 0 Å². The summed E-state index contributed by atoms with van der Waals surface area (Å²) in [6.07, 6.45) is 3.80. The van der Waals surface area contributed by atoms with Crippen LogP contribution >= 0.6 is 22.9 Å². The van der Waals surface area contributed by atoms with E-state index >= 15 is 0 Å². The average molecular weight is 250 g/mol.